The fourth-order valence-corrected chi connectivity index (χ4v) is 2.92. The minimum Gasteiger partial charge on any atom is -0.338 e. The standard InChI is InChI=1S/C20H23N5O3/c1-2-21-19(27)23-15-7-4-6-14(12-15)22-18(26)8-3-5-13-9-10-16-17(11-13)25-20(28)24-16/h4,6-7,9-12H,2-3,5,8H2,1H3,(H,22,26)(H2,21,23,27)(H2,24,25,28). The van der Waals surface area contributed by atoms with Gasteiger partial charge < -0.3 is 25.9 Å². The van der Waals surface area contributed by atoms with Gasteiger partial charge in [-0.25, -0.2) is 9.59 Å². The number of aromatic nitrogens is 2. The third-order valence-electron chi connectivity index (χ3n) is 4.19. The van der Waals surface area contributed by atoms with Crippen LogP contribution in [-0.4, -0.2) is 28.5 Å². The van der Waals surface area contributed by atoms with Gasteiger partial charge in [-0.15, -0.1) is 0 Å². The molecule has 8 heteroatoms. The van der Waals surface area contributed by atoms with Crippen LogP contribution in [0.2, 0.25) is 0 Å². The fourth-order valence-electron chi connectivity index (χ4n) is 2.92. The molecule has 0 bridgehead atoms. The summed E-state index contributed by atoms with van der Waals surface area (Å²) in [5.74, 6) is -0.0914. The van der Waals surface area contributed by atoms with E-state index in [1.54, 1.807) is 24.3 Å². The van der Waals surface area contributed by atoms with Gasteiger partial charge >= 0.3 is 11.7 Å². The van der Waals surface area contributed by atoms with Crippen LogP contribution in [0, 0.1) is 0 Å². The normalized spacial score (nSPS) is 10.6. The molecule has 5 N–H and O–H groups in total. The summed E-state index contributed by atoms with van der Waals surface area (Å²) in [6.45, 7) is 2.38. The molecule has 0 fully saturated rings. The maximum Gasteiger partial charge on any atom is 0.323 e. The number of carbonyl (C=O) groups is 2. The summed E-state index contributed by atoms with van der Waals surface area (Å²) in [7, 11) is 0. The van der Waals surface area contributed by atoms with Crippen LogP contribution in [0.5, 0.6) is 0 Å². The molecular weight excluding hydrogens is 358 g/mol. The van der Waals surface area contributed by atoms with Crippen molar-refractivity contribution in [3.05, 3.63) is 58.5 Å². The number of hydrogen-bond acceptors (Lipinski definition) is 3. The second kappa shape index (κ2) is 8.90. The number of fused-ring (bicyclic) bond motifs is 1. The number of carbonyl (C=O) groups excluding carboxylic acids is 2. The topological polar surface area (TPSA) is 119 Å². The molecule has 146 valence electrons. The predicted octanol–water partition coefficient (Wildman–Crippen LogP) is 2.96. The van der Waals surface area contributed by atoms with Gasteiger partial charge in [0.15, 0.2) is 0 Å². The molecule has 3 rings (SSSR count). The van der Waals surface area contributed by atoms with Crippen LogP contribution in [0.4, 0.5) is 16.2 Å². The zero-order valence-electron chi connectivity index (χ0n) is 15.6. The molecule has 1 aromatic heterocycles. The van der Waals surface area contributed by atoms with E-state index in [0.29, 0.717) is 30.8 Å². The van der Waals surface area contributed by atoms with E-state index in [-0.39, 0.29) is 17.6 Å². The van der Waals surface area contributed by atoms with Gasteiger partial charge in [-0.1, -0.05) is 12.1 Å². The van der Waals surface area contributed by atoms with Crippen LogP contribution in [0.3, 0.4) is 0 Å². The Morgan fingerprint density at radius 1 is 0.964 bits per heavy atom. The van der Waals surface area contributed by atoms with Crippen LogP contribution in [0.25, 0.3) is 11.0 Å². The maximum absolute atomic E-state index is 12.2. The van der Waals surface area contributed by atoms with Gasteiger partial charge in [0.05, 0.1) is 11.0 Å². The fraction of sp³-hybridized carbons (Fsp3) is 0.250. The number of imidazole rings is 1. The molecule has 3 amide bonds. The Morgan fingerprint density at radius 3 is 2.50 bits per heavy atom. The van der Waals surface area contributed by atoms with Crippen molar-refractivity contribution < 1.29 is 9.59 Å². The molecule has 1 heterocycles. The van der Waals surface area contributed by atoms with Crippen molar-refractivity contribution in [3.63, 3.8) is 0 Å². The second-order valence-corrected chi connectivity index (χ2v) is 6.43. The van der Waals surface area contributed by atoms with E-state index in [2.05, 4.69) is 25.9 Å². The first-order chi connectivity index (χ1) is 13.5. The van der Waals surface area contributed by atoms with E-state index in [1.807, 2.05) is 25.1 Å². The van der Waals surface area contributed by atoms with Crippen molar-refractivity contribution in [2.75, 3.05) is 17.2 Å². The highest BCUT2D eigenvalue weighted by atomic mass is 16.2. The molecule has 0 saturated heterocycles. The molecule has 0 unspecified atom stereocenters. The number of aromatic amines is 2. The maximum atomic E-state index is 12.2. The summed E-state index contributed by atoms with van der Waals surface area (Å²) in [6.07, 6.45) is 1.79. The van der Waals surface area contributed by atoms with E-state index in [4.69, 9.17) is 0 Å². The first kappa shape index (κ1) is 19.2. The lowest BCUT2D eigenvalue weighted by molar-refractivity contribution is -0.116. The van der Waals surface area contributed by atoms with Crippen LogP contribution in [0.15, 0.2) is 47.3 Å². The van der Waals surface area contributed by atoms with Crippen LogP contribution >= 0.6 is 0 Å². The molecule has 0 aliphatic rings. The zero-order valence-corrected chi connectivity index (χ0v) is 15.6. The minimum absolute atomic E-state index is 0.0914. The predicted molar refractivity (Wildman–Crippen MR) is 110 cm³/mol. The first-order valence-corrected chi connectivity index (χ1v) is 9.19. The molecule has 28 heavy (non-hydrogen) atoms. The average molecular weight is 381 g/mol. The summed E-state index contributed by atoms with van der Waals surface area (Å²) in [6, 6.07) is 12.4. The van der Waals surface area contributed by atoms with Gasteiger partial charge in [-0.05, 0) is 55.7 Å². The summed E-state index contributed by atoms with van der Waals surface area (Å²) in [4.78, 5) is 40.5. The van der Waals surface area contributed by atoms with Gasteiger partial charge in [-0.2, -0.15) is 0 Å². The number of nitrogens with one attached hydrogen (secondary N) is 5. The number of amides is 3. The lowest BCUT2D eigenvalue weighted by Crippen LogP contribution is -2.28. The van der Waals surface area contributed by atoms with E-state index in [0.717, 1.165) is 23.0 Å². The average Bonchev–Trinajstić information content (AvgIpc) is 3.01. The van der Waals surface area contributed by atoms with E-state index < -0.39 is 0 Å². The summed E-state index contributed by atoms with van der Waals surface area (Å²) in [5, 5.41) is 8.20. The number of H-pyrrole nitrogens is 2. The highest BCUT2D eigenvalue weighted by molar-refractivity contribution is 5.93. The Labute approximate surface area is 161 Å². The molecular formula is C20H23N5O3. The van der Waals surface area contributed by atoms with Crippen molar-refractivity contribution in [1.29, 1.82) is 0 Å². The van der Waals surface area contributed by atoms with Crippen molar-refractivity contribution in [3.8, 4) is 0 Å². The smallest absolute Gasteiger partial charge is 0.323 e. The lowest BCUT2D eigenvalue weighted by atomic mass is 10.1. The van der Waals surface area contributed by atoms with Crippen molar-refractivity contribution in [1.82, 2.24) is 15.3 Å². The molecule has 0 spiro atoms. The first-order valence-electron chi connectivity index (χ1n) is 9.19. The molecule has 3 aromatic rings. The van der Waals surface area contributed by atoms with Gasteiger partial charge in [0.1, 0.15) is 0 Å². The van der Waals surface area contributed by atoms with Crippen LogP contribution in [-0.2, 0) is 11.2 Å². The number of aryl methyl sites for hydroxylation is 1. The Hall–Kier alpha value is -3.55. The number of anilines is 2. The lowest BCUT2D eigenvalue weighted by Gasteiger charge is -2.09. The summed E-state index contributed by atoms with van der Waals surface area (Å²) >= 11 is 0. The minimum atomic E-state index is -0.285. The Balaban J connectivity index is 1.49. The monoisotopic (exact) mass is 381 g/mol. The van der Waals surface area contributed by atoms with Crippen LogP contribution < -0.4 is 21.6 Å². The molecule has 0 aliphatic heterocycles. The molecule has 8 nitrogen and oxygen atoms in total. The quantitative estimate of drug-likeness (QED) is 0.433. The number of benzene rings is 2. The van der Waals surface area contributed by atoms with E-state index in [1.165, 1.54) is 0 Å². The molecule has 0 radical (unpaired) electrons. The van der Waals surface area contributed by atoms with Crippen molar-refractivity contribution in [2.24, 2.45) is 0 Å². The summed E-state index contributed by atoms with van der Waals surface area (Å²) < 4.78 is 0. The number of hydrogen-bond donors (Lipinski definition) is 5. The SMILES string of the molecule is CCNC(=O)Nc1cccc(NC(=O)CCCc2ccc3[nH]c(=O)[nH]c3c2)c1. The van der Waals surface area contributed by atoms with Crippen LogP contribution in [0.1, 0.15) is 25.3 Å². The van der Waals surface area contributed by atoms with Crippen molar-refractivity contribution >= 4 is 34.3 Å². The third kappa shape index (κ3) is 5.23. The zero-order chi connectivity index (χ0) is 19.9. The third-order valence-corrected chi connectivity index (χ3v) is 4.19. The highest BCUT2D eigenvalue weighted by Crippen LogP contribution is 2.16. The molecule has 2 aromatic carbocycles. The van der Waals surface area contributed by atoms with E-state index in [9.17, 15) is 14.4 Å². The Kier molecular flexibility index (Phi) is 6.11. The van der Waals surface area contributed by atoms with Gasteiger partial charge in [0, 0.05) is 24.3 Å². The molecule has 0 saturated carbocycles. The molecule has 0 atom stereocenters. The highest BCUT2D eigenvalue weighted by Gasteiger charge is 2.06. The Bertz CT molecular complexity index is 1040. The molecule has 0 aliphatic carbocycles. The van der Waals surface area contributed by atoms with Gasteiger partial charge in [0.25, 0.3) is 0 Å². The largest absolute Gasteiger partial charge is 0.338 e. The van der Waals surface area contributed by atoms with Gasteiger partial charge in [0.2, 0.25) is 5.91 Å². The van der Waals surface area contributed by atoms with E-state index >= 15 is 0 Å². The number of rotatable bonds is 7. The van der Waals surface area contributed by atoms with Crippen molar-refractivity contribution in [2.45, 2.75) is 26.2 Å². The van der Waals surface area contributed by atoms with Gasteiger partial charge in [-0.3, -0.25) is 4.79 Å². The summed E-state index contributed by atoms with van der Waals surface area (Å²) in [5.41, 5.74) is 3.61. The second-order valence-electron chi connectivity index (χ2n) is 6.43. The Morgan fingerprint density at radius 2 is 1.71 bits per heavy atom. The number of urea groups is 1.